The highest BCUT2D eigenvalue weighted by atomic mass is 16.5. The largest absolute Gasteiger partial charge is 0.468 e. The van der Waals surface area contributed by atoms with Gasteiger partial charge in [0.05, 0.1) is 7.11 Å². The lowest BCUT2D eigenvalue weighted by Crippen LogP contribution is -2.44. The summed E-state index contributed by atoms with van der Waals surface area (Å²) in [6, 6.07) is 0.123. The molecule has 118 valence electrons. The van der Waals surface area contributed by atoms with Crippen molar-refractivity contribution in [2.45, 2.75) is 65.0 Å². The van der Waals surface area contributed by atoms with Crippen molar-refractivity contribution < 1.29 is 9.53 Å². The van der Waals surface area contributed by atoms with E-state index in [1.54, 1.807) is 0 Å². The van der Waals surface area contributed by atoms with Crippen LogP contribution in [0.15, 0.2) is 0 Å². The Bertz CT molecular complexity index is 282. The molecule has 0 aliphatic carbocycles. The van der Waals surface area contributed by atoms with Gasteiger partial charge in [0.1, 0.15) is 6.04 Å². The maximum absolute atomic E-state index is 11.8. The number of methoxy groups -OCH3 is 1. The standard InChI is InChI=1S/C16H32N2O2/c1-5-14-7-6-10-18(11-8-14)12-9-15(16(19)20-4)17-13(2)3/h13-15,17H,5-12H2,1-4H3. The molecule has 2 atom stereocenters. The zero-order chi connectivity index (χ0) is 15.0. The monoisotopic (exact) mass is 284 g/mol. The Labute approximate surface area is 124 Å². The number of nitrogens with one attached hydrogen (secondary N) is 1. The van der Waals surface area contributed by atoms with Gasteiger partial charge in [-0.25, -0.2) is 0 Å². The van der Waals surface area contributed by atoms with E-state index in [2.05, 4.69) is 31.0 Å². The Morgan fingerprint density at radius 2 is 2.10 bits per heavy atom. The lowest BCUT2D eigenvalue weighted by atomic mass is 9.98. The molecular weight excluding hydrogens is 252 g/mol. The summed E-state index contributed by atoms with van der Waals surface area (Å²) >= 11 is 0. The number of nitrogens with zero attached hydrogens (tertiary/aromatic N) is 1. The van der Waals surface area contributed by atoms with Crippen molar-refractivity contribution in [3.05, 3.63) is 0 Å². The van der Waals surface area contributed by atoms with E-state index >= 15 is 0 Å². The summed E-state index contributed by atoms with van der Waals surface area (Å²) < 4.78 is 4.89. The van der Waals surface area contributed by atoms with E-state index in [0.717, 1.165) is 18.9 Å². The van der Waals surface area contributed by atoms with E-state index in [0.29, 0.717) is 6.04 Å². The number of esters is 1. The number of hydrogen-bond donors (Lipinski definition) is 1. The van der Waals surface area contributed by atoms with Crippen molar-refractivity contribution in [3.63, 3.8) is 0 Å². The Hall–Kier alpha value is -0.610. The SMILES string of the molecule is CCC1CCCN(CCC(NC(C)C)C(=O)OC)CC1. The number of carbonyl (C=O) groups is 1. The van der Waals surface area contributed by atoms with E-state index in [4.69, 9.17) is 4.74 Å². The summed E-state index contributed by atoms with van der Waals surface area (Å²) in [6.07, 6.45) is 6.09. The summed E-state index contributed by atoms with van der Waals surface area (Å²) in [5.41, 5.74) is 0. The highest BCUT2D eigenvalue weighted by molar-refractivity contribution is 5.75. The average molecular weight is 284 g/mol. The second-order valence-electron chi connectivity index (χ2n) is 6.23. The van der Waals surface area contributed by atoms with E-state index in [-0.39, 0.29) is 12.0 Å². The molecule has 4 nitrogen and oxygen atoms in total. The van der Waals surface area contributed by atoms with Gasteiger partial charge in [-0.1, -0.05) is 27.2 Å². The molecule has 2 unspecified atom stereocenters. The fraction of sp³-hybridized carbons (Fsp3) is 0.938. The Balaban J connectivity index is 2.40. The van der Waals surface area contributed by atoms with Gasteiger partial charge in [0.15, 0.2) is 0 Å². The Morgan fingerprint density at radius 3 is 2.70 bits per heavy atom. The first-order chi connectivity index (χ1) is 9.56. The second-order valence-corrected chi connectivity index (χ2v) is 6.23. The van der Waals surface area contributed by atoms with Crippen LogP contribution in [0.3, 0.4) is 0 Å². The number of ether oxygens (including phenoxy) is 1. The van der Waals surface area contributed by atoms with Gasteiger partial charge in [-0.05, 0) is 44.7 Å². The topological polar surface area (TPSA) is 41.6 Å². The maximum atomic E-state index is 11.8. The normalized spacial score (nSPS) is 22.6. The molecule has 0 saturated carbocycles. The van der Waals surface area contributed by atoms with Crippen molar-refractivity contribution >= 4 is 5.97 Å². The second kappa shape index (κ2) is 9.35. The van der Waals surface area contributed by atoms with Crippen LogP contribution in [-0.4, -0.2) is 49.7 Å². The van der Waals surface area contributed by atoms with Gasteiger partial charge in [-0.2, -0.15) is 0 Å². The maximum Gasteiger partial charge on any atom is 0.322 e. The predicted octanol–water partition coefficient (Wildman–Crippen LogP) is 2.43. The summed E-state index contributed by atoms with van der Waals surface area (Å²) in [4.78, 5) is 14.3. The van der Waals surface area contributed by atoms with Gasteiger partial charge in [0.2, 0.25) is 0 Å². The van der Waals surface area contributed by atoms with Gasteiger partial charge in [0.25, 0.3) is 0 Å². The fourth-order valence-corrected chi connectivity index (χ4v) is 2.98. The van der Waals surface area contributed by atoms with E-state index in [9.17, 15) is 4.79 Å². The zero-order valence-corrected chi connectivity index (χ0v) is 13.7. The van der Waals surface area contributed by atoms with E-state index < -0.39 is 0 Å². The fourth-order valence-electron chi connectivity index (χ4n) is 2.98. The van der Waals surface area contributed by atoms with Gasteiger partial charge in [-0.3, -0.25) is 4.79 Å². The summed E-state index contributed by atoms with van der Waals surface area (Å²) in [5.74, 6) is 0.755. The van der Waals surface area contributed by atoms with Gasteiger partial charge >= 0.3 is 5.97 Å². The molecule has 0 aromatic rings. The lowest BCUT2D eigenvalue weighted by molar-refractivity contribution is -0.143. The molecule has 1 N–H and O–H groups in total. The molecule has 4 heteroatoms. The molecule has 0 aromatic carbocycles. The average Bonchev–Trinajstić information content (AvgIpc) is 2.67. The summed E-state index contributed by atoms with van der Waals surface area (Å²) in [5, 5.41) is 3.30. The Kier molecular flexibility index (Phi) is 8.15. The summed E-state index contributed by atoms with van der Waals surface area (Å²) in [6.45, 7) is 9.75. The quantitative estimate of drug-likeness (QED) is 0.729. The minimum Gasteiger partial charge on any atom is -0.468 e. The summed E-state index contributed by atoms with van der Waals surface area (Å²) in [7, 11) is 1.47. The highest BCUT2D eigenvalue weighted by Gasteiger charge is 2.22. The zero-order valence-electron chi connectivity index (χ0n) is 13.7. The molecule has 1 heterocycles. The van der Waals surface area contributed by atoms with Crippen LogP contribution >= 0.6 is 0 Å². The predicted molar refractivity (Wildman–Crippen MR) is 82.8 cm³/mol. The molecule has 0 aromatic heterocycles. The third kappa shape index (κ3) is 6.23. The molecule has 0 bridgehead atoms. The number of likely N-dealkylation sites (tertiary alicyclic amines) is 1. The van der Waals surface area contributed by atoms with Crippen molar-refractivity contribution in [1.29, 1.82) is 0 Å². The van der Waals surface area contributed by atoms with Crippen LogP contribution in [0.5, 0.6) is 0 Å². The highest BCUT2D eigenvalue weighted by Crippen LogP contribution is 2.20. The molecular formula is C16H32N2O2. The minimum atomic E-state index is -0.176. The van der Waals surface area contributed by atoms with Crippen molar-refractivity contribution in [2.24, 2.45) is 5.92 Å². The van der Waals surface area contributed by atoms with Crippen molar-refractivity contribution in [1.82, 2.24) is 10.2 Å². The lowest BCUT2D eigenvalue weighted by Gasteiger charge is -2.24. The molecule has 1 aliphatic rings. The molecule has 1 saturated heterocycles. The molecule has 0 radical (unpaired) electrons. The van der Waals surface area contributed by atoms with Crippen LogP contribution in [0.4, 0.5) is 0 Å². The molecule has 1 aliphatic heterocycles. The number of carbonyl (C=O) groups excluding carboxylic acids is 1. The van der Waals surface area contributed by atoms with Crippen LogP contribution in [0.1, 0.15) is 52.9 Å². The van der Waals surface area contributed by atoms with Crippen molar-refractivity contribution in [2.75, 3.05) is 26.7 Å². The molecule has 0 amide bonds. The third-order valence-electron chi connectivity index (χ3n) is 4.27. The minimum absolute atomic E-state index is 0.139. The first-order valence-electron chi connectivity index (χ1n) is 8.13. The molecule has 0 spiro atoms. The van der Waals surface area contributed by atoms with Crippen LogP contribution in [0.25, 0.3) is 0 Å². The third-order valence-corrected chi connectivity index (χ3v) is 4.27. The van der Waals surface area contributed by atoms with Crippen LogP contribution in [0.2, 0.25) is 0 Å². The number of rotatable bonds is 7. The van der Waals surface area contributed by atoms with Gasteiger partial charge < -0.3 is 15.0 Å². The Morgan fingerprint density at radius 1 is 1.35 bits per heavy atom. The molecule has 1 rings (SSSR count). The first kappa shape index (κ1) is 17.4. The van der Waals surface area contributed by atoms with Crippen molar-refractivity contribution in [3.8, 4) is 0 Å². The van der Waals surface area contributed by atoms with E-state index in [1.165, 1.54) is 45.9 Å². The van der Waals surface area contributed by atoms with E-state index in [1.807, 2.05) is 0 Å². The van der Waals surface area contributed by atoms with Crippen LogP contribution < -0.4 is 5.32 Å². The number of hydrogen-bond acceptors (Lipinski definition) is 4. The van der Waals surface area contributed by atoms with Crippen LogP contribution in [0, 0.1) is 5.92 Å². The van der Waals surface area contributed by atoms with Gasteiger partial charge in [-0.15, -0.1) is 0 Å². The molecule has 1 fully saturated rings. The van der Waals surface area contributed by atoms with Gasteiger partial charge in [0, 0.05) is 12.6 Å². The molecule has 20 heavy (non-hydrogen) atoms. The first-order valence-corrected chi connectivity index (χ1v) is 8.13. The van der Waals surface area contributed by atoms with Crippen LogP contribution in [-0.2, 0) is 9.53 Å². The smallest absolute Gasteiger partial charge is 0.322 e.